The Morgan fingerprint density at radius 3 is 2.69 bits per heavy atom. The lowest BCUT2D eigenvalue weighted by Crippen LogP contribution is -2.43. The number of hydrogen-bond acceptors (Lipinski definition) is 2. The van der Waals surface area contributed by atoms with Gasteiger partial charge in [-0.2, -0.15) is 0 Å². The molecule has 0 saturated heterocycles. The Hall–Kier alpha value is -3.80. The van der Waals surface area contributed by atoms with E-state index in [1.165, 1.54) is 17.7 Å². The zero-order chi connectivity index (χ0) is 22.2. The number of benzene rings is 3. The number of halogens is 1. The Kier molecular flexibility index (Phi) is 5.05. The molecule has 0 spiro atoms. The van der Waals surface area contributed by atoms with Crippen LogP contribution in [0, 0.1) is 12.7 Å². The number of rotatable bonds is 3. The zero-order valence-electron chi connectivity index (χ0n) is 18.0. The molecule has 0 fully saturated rings. The molecule has 2 heterocycles. The van der Waals surface area contributed by atoms with E-state index >= 15 is 0 Å². The third-order valence-electron chi connectivity index (χ3n) is 6.08. The highest BCUT2D eigenvalue weighted by molar-refractivity contribution is 5.93. The van der Waals surface area contributed by atoms with Crippen molar-refractivity contribution in [2.45, 2.75) is 19.4 Å². The van der Waals surface area contributed by atoms with E-state index in [1.807, 2.05) is 43.3 Å². The number of para-hydroxylation sites is 1. The van der Waals surface area contributed by atoms with E-state index in [9.17, 15) is 9.18 Å². The minimum Gasteiger partial charge on any atom is -0.495 e. The topological polar surface area (TPSA) is 57.4 Å². The second kappa shape index (κ2) is 8.04. The molecular formula is C26H24FN3O2. The summed E-state index contributed by atoms with van der Waals surface area (Å²) < 4.78 is 19.1. The van der Waals surface area contributed by atoms with Gasteiger partial charge in [0.15, 0.2) is 0 Å². The zero-order valence-corrected chi connectivity index (χ0v) is 18.0. The number of carbonyl (C=O) groups excluding carboxylic acids is 1. The second-order valence-electron chi connectivity index (χ2n) is 8.09. The van der Waals surface area contributed by atoms with Gasteiger partial charge in [0.1, 0.15) is 11.6 Å². The molecular weight excluding hydrogens is 405 g/mol. The number of amides is 2. The van der Waals surface area contributed by atoms with Crippen LogP contribution in [0.1, 0.15) is 28.4 Å². The molecule has 5 rings (SSSR count). The maximum Gasteiger partial charge on any atom is 0.322 e. The first kappa shape index (κ1) is 20.1. The smallest absolute Gasteiger partial charge is 0.322 e. The van der Waals surface area contributed by atoms with Crippen molar-refractivity contribution >= 4 is 22.6 Å². The van der Waals surface area contributed by atoms with Crippen LogP contribution in [-0.4, -0.2) is 29.6 Å². The maximum atomic E-state index is 13.7. The summed E-state index contributed by atoms with van der Waals surface area (Å²) in [6.45, 7) is 2.50. The molecule has 2 N–H and O–H groups in total. The van der Waals surface area contributed by atoms with Gasteiger partial charge in [-0.3, -0.25) is 0 Å². The van der Waals surface area contributed by atoms with Gasteiger partial charge in [0, 0.05) is 23.1 Å². The normalized spacial score (nSPS) is 15.5. The molecule has 1 aliphatic rings. The summed E-state index contributed by atoms with van der Waals surface area (Å²) in [4.78, 5) is 18.8. The number of aryl methyl sites for hydroxylation is 1. The van der Waals surface area contributed by atoms with Crippen molar-refractivity contribution in [3.63, 3.8) is 0 Å². The average molecular weight is 429 g/mol. The minimum absolute atomic E-state index is 0.229. The fraction of sp³-hybridized carbons (Fsp3) is 0.192. The van der Waals surface area contributed by atoms with Crippen LogP contribution < -0.4 is 10.1 Å². The standard InChI is InChI=1S/C26H24FN3O2/c1-16-7-12-23(32-2)22(15-16)29-26(31)30-14-13-20-19-5-3-4-6-21(19)28-24(20)25(30)17-8-10-18(27)11-9-17/h3-12,15,25,28H,13-14H2,1-2H3,(H,29,31). The molecule has 1 aliphatic heterocycles. The molecule has 1 aromatic heterocycles. The molecule has 4 aromatic rings. The molecule has 2 amide bonds. The number of urea groups is 1. The predicted molar refractivity (Wildman–Crippen MR) is 124 cm³/mol. The van der Waals surface area contributed by atoms with Gasteiger partial charge in [0.2, 0.25) is 0 Å². The molecule has 0 saturated carbocycles. The van der Waals surface area contributed by atoms with E-state index in [2.05, 4.69) is 16.4 Å². The first-order chi connectivity index (χ1) is 15.5. The van der Waals surface area contributed by atoms with Crippen LogP contribution in [0.4, 0.5) is 14.9 Å². The van der Waals surface area contributed by atoms with Crippen molar-refractivity contribution in [1.82, 2.24) is 9.88 Å². The SMILES string of the molecule is COc1ccc(C)cc1NC(=O)N1CCc2c([nH]c3ccccc23)C1c1ccc(F)cc1. The van der Waals surface area contributed by atoms with Crippen LogP contribution in [0.3, 0.4) is 0 Å². The molecule has 6 heteroatoms. The summed E-state index contributed by atoms with van der Waals surface area (Å²) in [5, 5.41) is 4.18. The number of nitrogens with one attached hydrogen (secondary N) is 2. The van der Waals surface area contributed by atoms with Gasteiger partial charge < -0.3 is 19.9 Å². The van der Waals surface area contributed by atoms with Crippen LogP contribution in [0.2, 0.25) is 0 Å². The fourth-order valence-electron chi connectivity index (χ4n) is 4.56. The average Bonchev–Trinajstić information content (AvgIpc) is 3.18. The third kappa shape index (κ3) is 3.47. The quantitative estimate of drug-likeness (QED) is 0.432. The van der Waals surface area contributed by atoms with Crippen molar-refractivity contribution in [1.29, 1.82) is 0 Å². The summed E-state index contributed by atoms with van der Waals surface area (Å²) >= 11 is 0. The first-order valence-corrected chi connectivity index (χ1v) is 10.6. The number of hydrogen-bond donors (Lipinski definition) is 2. The van der Waals surface area contributed by atoms with Gasteiger partial charge in [-0.15, -0.1) is 0 Å². The molecule has 162 valence electrons. The lowest BCUT2D eigenvalue weighted by molar-refractivity contribution is 0.193. The number of anilines is 1. The van der Waals surface area contributed by atoms with Crippen molar-refractivity contribution in [3.8, 4) is 5.75 Å². The molecule has 3 aromatic carbocycles. The Labute approximate surface area is 185 Å². The van der Waals surface area contributed by atoms with E-state index in [0.29, 0.717) is 18.0 Å². The minimum atomic E-state index is -0.359. The highest BCUT2D eigenvalue weighted by Crippen LogP contribution is 2.39. The van der Waals surface area contributed by atoms with E-state index < -0.39 is 0 Å². The lowest BCUT2D eigenvalue weighted by atomic mass is 9.92. The van der Waals surface area contributed by atoms with Crippen molar-refractivity contribution < 1.29 is 13.9 Å². The Morgan fingerprint density at radius 1 is 1.12 bits per heavy atom. The molecule has 0 radical (unpaired) electrons. The van der Waals surface area contributed by atoms with Crippen LogP contribution >= 0.6 is 0 Å². The van der Waals surface area contributed by atoms with Gasteiger partial charge >= 0.3 is 6.03 Å². The van der Waals surface area contributed by atoms with E-state index in [0.717, 1.165) is 34.1 Å². The summed E-state index contributed by atoms with van der Waals surface area (Å²) in [6.07, 6.45) is 0.732. The largest absolute Gasteiger partial charge is 0.495 e. The van der Waals surface area contributed by atoms with Crippen molar-refractivity contribution in [2.75, 3.05) is 19.0 Å². The molecule has 32 heavy (non-hydrogen) atoms. The summed E-state index contributed by atoms with van der Waals surface area (Å²) in [6, 6.07) is 19.6. The molecule has 0 aliphatic carbocycles. The van der Waals surface area contributed by atoms with Gasteiger partial charge in [0.05, 0.1) is 18.8 Å². The predicted octanol–water partition coefficient (Wildman–Crippen LogP) is 5.80. The van der Waals surface area contributed by atoms with Crippen molar-refractivity contribution in [2.24, 2.45) is 0 Å². The van der Waals surface area contributed by atoms with Crippen molar-refractivity contribution in [3.05, 3.63) is 94.9 Å². The summed E-state index contributed by atoms with van der Waals surface area (Å²) in [5.74, 6) is 0.299. The second-order valence-corrected chi connectivity index (χ2v) is 8.09. The van der Waals surface area contributed by atoms with Crippen LogP contribution in [-0.2, 0) is 6.42 Å². The first-order valence-electron chi connectivity index (χ1n) is 10.6. The van der Waals surface area contributed by atoms with Crippen LogP contribution in [0.25, 0.3) is 10.9 Å². The number of carbonyl (C=O) groups is 1. The number of ether oxygens (including phenoxy) is 1. The fourth-order valence-corrected chi connectivity index (χ4v) is 4.56. The van der Waals surface area contributed by atoms with E-state index in [4.69, 9.17) is 4.74 Å². The number of nitrogens with zero attached hydrogens (tertiary/aromatic N) is 1. The van der Waals surface area contributed by atoms with Crippen LogP contribution in [0.5, 0.6) is 5.75 Å². The Balaban J connectivity index is 1.57. The highest BCUT2D eigenvalue weighted by atomic mass is 19.1. The van der Waals surface area contributed by atoms with Gasteiger partial charge in [0.25, 0.3) is 0 Å². The number of fused-ring (bicyclic) bond motifs is 3. The van der Waals surface area contributed by atoms with Gasteiger partial charge in [-0.1, -0.05) is 36.4 Å². The highest BCUT2D eigenvalue weighted by Gasteiger charge is 2.34. The van der Waals surface area contributed by atoms with E-state index in [1.54, 1.807) is 24.1 Å². The Bertz CT molecular complexity index is 1300. The van der Waals surface area contributed by atoms with Gasteiger partial charge in [-0.05, 0) is 60.4 Å². The van der Waals surface area contributed by atoms with Crippen LogP contribution in [0.15, 0.2) is 66.7 Å². The third-order valence-corrected chi connectivity index (χ3v) is 6.08. The summed E-state index contributed by atoms with van der Waals surface area (Å²) in [5.41, 5.74) is 5.70. The number of aromatic amines is 1. The number of H-pyrrole nitrogens is 1. The molecule has 1 atom stereocenters. The number of methoxy groups -OCH3 is 1. The monoisotopic (exact) mass is 429 g/mol. The number of aromatic nitrogens is 1. The molecule has 5 nitrogen and oxygen atoms in total. The summed E-state index contributed by atoms with van der Waals surface area (Å²) in [7, 11) is 1.58. The Morgan fingerprint density at radius 2 is 1.91 bits per heavy atom. The van der Waals surface area contributed by atoms with Gasteiger partial charge in [-0.25, -0.2) is 9.18 Å². The van der Waals surface area contributed by atoms with E-state index in [-0.39, 0.29) is 17.9 Å². The molecule has 0 bridgehead atoms. The lowest BCUT2D eigenvalue weighted by Gasteiger charge is -2.36. The molecule has 1 unspecified atom stereocenters. The maximum absolute atomic E-state index is 13.7.